The van der Waals surface area contributed by atoms with E-state index in [9.17, 15) is 9.59 Å². The van der Waals surface area contributed by atoms with Gasteiger partial charge in [0, 0.05) is 6.54 Å². The maximum atomic E-state index is 12.5. The molecule has 3 atom stereocenters. The van der Waals surface area contributed by atoms with Crippen molar-refractivity contribution in [3.63, 3.8) is 0 Å². The lowest BCUT2D eigenvalue weighted by Gasteiger charge is -2.39. The van der Waals surface area contributed by atoms with Gasteiger partial charge in [-0.1, -0.05) is 24.3 Å². The van der Waals surface area contributed by atoms with Gasteiger partial charge in [-0.15, -0.1) is 0 Å². The number of benzene rings is 1. The van der Waals surface area contributed by atoms with Crippen LogP contribution in [-0.4, -0.2) is 47.2 Å². The molecule has 1 fully saturated rings. The Morgan fingerprint density at radius 3 is 2.75 bits per heavy atom. The second-order valence-corrected chi connectivity index (χ2v) is 5.47. The first-order valence-electron chi connectivity index (χ1n) is 6.81. The Kier molecular flexibility index (Phi) is 3.22. The fourth-order valence-electron chi connectivity index (χ4n) is 2.97. The monoisotopic (exact) mass is 275 g/mol. The van der Waals surface area contributed by atoms with Gasteiger partial charge in [-0.3, -0.25) is 4.79 Å². The predicted octanol–water partition coefficient (Wildman–Crippen LogP) is 1.03. The Hall–Kier alpha value is -1.88. The molecule has 0 spiro atoms. The summed E-state index contributed by atoms with van der Waals surface area (Å²) < 4.78 is 5.34. The largest absolute Gasteiger partial charge is 0.479 e. The van der Waals surface area contributed by atoms with Crippen molar-refractivity contribution in [3.05, 3.63) is 35.4 Å². The van der Waals surface area contributed by atoms with Crippen LogP contribution < -0.4 is 0 Å². The van der Waals surface area contributed by atoms with Gasteiger partial charge < -0.3 is 14.7 Å². The quantitative estimate of drug-likeness (QED) is 0.875. The average molecular weight is 275 g/mol. The number of carboxylic acids is 1. The Bertz CT molecular complexity index is 557. The van der Waals surface area contributed by atoms with E-state index < -0.39 is 12.1 Å². The average Bonchev–Trinajstić information content (AvgIpc) is 2.39. The number of ether oxygens (including phenoxy) is 1. The molecule has 0 aromatic heterocycles. The zero-order valence-electron chi connectivity index (χ0n) is 11.3. The summed E-state index contributed by atoms with van der Waals surface area (Å²) in [5.74, 6) is -1.11. The summed E-state index contributed by atoms with van der Waals surface area (Å²) in [5, 5.41) is 9.06. The summed E-state index contributed by atoms with van der Waals surface area (Å²) in [7, 11) is 0. The van der Waals surface area contributed by atoms with E-state index in [4.69, 9.17) is 9.84 Å². The molecule has 20 heavy (non-hydrogen) atoms. The van der Waals surface area contributed by atoms with Crippen LogP contribution in [0.1, 0.15) is 24.0 Å². The Labute approximate surface area is 117 Å². The fraction of sp³-hybridized carbons (Fsp3) is 0.467. The molecule has 1 aliphatic carbocycles. The van der Waals surface area contributed by atoms with Crippen LogP contribution >= 0.6 is 0 Å². The molecule has 1 N–H and O–H groups in total. The van der Waals surface area contributed by atoms with Gasteiger partial charge in [-0.2, -0.15) is 0 Å². The second-order valence-electron chi connectivity index (χ2n) is 5.47. The topological polar surface area (TPSA) is 66.8 Å². The van der Waals surface area contributed by atoms with Gasteiger partial charge in [-0.05, 0) is 24.5 Å². The van der Waals surface area contributed by atoms with E-state index in [1.807, 2.05) is 24.3 Å². The molecule has 2 unspecified atom stereocenters. The third-order valence-corrected chi connectivity index (χ3v) is 4.00. The number of carbonyl (C=O) groups is 2. The van der Waals surface area contributed by atoms with Crippen molar-refractivity contribution < 1.29 is 19.4 Å². The van der Waals surface area contributed by atoms with Crippen molar-refractivity contribution in [2.45, 2.75) is 31.5 Å². The first-order valence-corrected chi connectivity index (χ1v) is 6.81. The predicted molar refractivity (Wildman–Crippen MR) is 71.4 cm³/mol. The minimum absolute atomic E-state index is 0.0186. The lowest BCUT2D eigenvalue weighted by Crippen LogP contribution is -2.53. The van der Waals surface area contributed by atoms with Crippen LogP contribution in [0.4, 0.5) is 0 Å². The number of aliphatic carboxylic acids is 1. The summed E-state index contributed by atoms with van der Waals surface area (Å²) in [6, 6.07) is 7.90. The molecule has 5 heteroatoms. The maximum Gasteiger partial charge on any atom is 0.334 e. The van der Waals surface area contributed by atoms with Crippen molar-refractivity contribution in [2.75, 3.05) is 13.1 Å². The first kappa shape index (κ1) is 13.1. The highest BCUT2D eigenvalue weighted by Crippen LogP contribution is 2.36. The lowest BCUT2D eigenvalue weighted by molar-refractivity contribution is -0.167. The van der Waals surface area contributed by atoms with Gasteiger partial charge in [-0.25, -0.2) is 4.79 Å². The van der Waals surface area contributed by atoms with Crippen molar-refractivity contribution >= 4 is 11.9 Å². The molecule has 1 heterocycles. The molecule has 106 valence electrons. The van der Waals surface area contributed by atoms with E-state index >= 15 is 0 Å². The van der Waals surface area contributed by atoms with Crippen LogP contribution in [0.3, 0.4) is 0 Å². The van der Waals surface area contributed by atoms with E-state index in [2.05, 4.69) is 0 Å². The van der Waals surface area contributed by atoms with E-state index in [0.29, 0.717) is 6.54 Å². The molecule has 1 aromatic rings. The van der Waals surface area contributed by atoms with E-state index in [1.165, 1.54) is 5.56 Å². The summed E-state index contributed by atoms with van der Waals surface area (Å²) in [5.41, 5.74) is 2.28. The summed E-state index contributed by atoms with van der Waals surface area (Å²) >= 11 is 0. The number of amides is 1. The van der Waals surface area contributed by atoms with Gasteiger partial charge in [0.15, 0.2) is 6.10 Å². The molecular formula is C15H17NO4. The lowest BCUT2D eigenvalue weighted by atomic mass is 9.76. The molecule has 0 saturated carbocycles. The Morgan fingerprint density at radius 2 is 2.05 bits per heavy atom. The third-order valence-electron chi connectivity index (χ3n) is 4.00. The highest BCUT2D eigenvalue weighted by Gasteiger charge is 2.39. The van der Waals surface area contributed by atoms with Gasteiger partial charge in [0.25, 0.3) is 0 Å². The summed E-state index contributed by atoms with van der Waals surface area (Å²) in [6.45, 7) is 2.39. The molecule has 2 aliphatic rings. The van der Waals surface area contributed by atoms with Gasteiger partial charge >= 0.3 is 5.97 Å². The highest BCUT2D eigenvalue weighted by atomic mass is 16.5. The Morgan fingerprint density at radius 1 is 1.30 bits per heavy atom. The number of carboxylic acid groups (broad SMARTS) is 1. The summed E-state index contributed by atoms with van der Waals surface area (Å²) in [6.07, 6.45) is -0.416. The molecule has 0 radical (unpaired) electrons. The molecule has 1 aliphatic heterocycles. The molecule has 1 aromatic carbocycles. The van der Waals surface area contributed by atoms with Gasteiger partial charge in [0.05, 0.1) is 18.6 Å². The van der Waals surface area contributed by atoms with Crippen molar-refractivity contribution in [1.29, 1.82) is 0 Å². The number of hydrogen-bond acceptors (Lipinski definition) is 3. The van der Waals surface area contributed by atoms with Crippen LogP contribution in [-0.2, 0) is 20.7 Å². The Balaban J connectivity index is 1.73. The molecule has 3 rings (SSSR count). The first-order chi connectivity index (χ1) is 9.56. The van der Waals surface area contributed by atoms with Gasteiger partial charge in [0.1, 0.15) is 0 Å². The maximum absolute atomic E-state index is 12.5. The number of rotatable bonds is 2. The van der Waals surface area contributed by atoms with Crippen LogP contribution in [0.5, 0.6) is 0 Å². The van der Waals surface area contributed by atoms with Crippen LogP contribution in [0.15, 0.2) is 24.3 Å². The summed E-state index contributed by atoms with van der Waals surface area (Å²) in [4.78, 5) is 25.2. The highest BCUT2D eigenvalue weighted by molar-refractivity contribution is 5.87. The molecule has 1 saturated heterocycles. The van der Waals surface area contributed by atoms with Crippen molar-refractivity contribution in [1.82, 2.24) is 4.90 Å². The van der Waals surface area contributed by atoms with Gasteiger partial charge in [0.2, 0.25) is 5.91 Å². The number of morpholine rings is 1. The molecule has 0 bridgehead atoms. The van der Waals surface area contributed by atoms with Crippen LogP contribution in [0, 0.1) is 0 Å². The van der Waals surface area contributed by atoms with Crippen molar-refractivity contribution in [2.24, 2.45) is 0 Å². The number of hydrogen-bond donors (Lipinski definition) is 1. The number of nitrogens with zero attached hydrogens (tertiary/aromatic N) is 1. The molecule has 1 amide bonds. The third kappa shape index (κ3) is 2.18. The molecule has 5 nitrogen and oxygen atoms in total. The van der Waals surface area contributed by atoms with E-state index in [-0.39, 0.29) is 24.5 Å². The van der Waals surface area contributed by atoms with E-state index in [1.54, 1.807) is 11.8 Å². The smallest absolute Gasteiger partial charge is 0.334 e. The standard InChI is InChI=1S/C15H17NO4/c1-9-7-16(8-13(20-9)15(18)19)14(17)12-6-10-4-2-3-5-11(10)12/h2-5,9,12-13H,6-8H2,1H3,(H,18,19)/t9-,12?,13?/m1/s1. The van der Waals surface area contributed by atoms with E-state index in [0.717, 1.165) is 12.0 Å². The van der Waals surface area contributed by atoms with Crippen LogP contribution in [0.25, 0.3) is 0 Å². The normalized spacial score (nSPS) is 28.4. The zero-order valence-corrected chi connectivity index (χ0v) is 11.3. The zero-order chi connectivity index (χ0) is 14.3. The molecular weight excluding hydrogens is 258 g/mol. The minimum Gasteiger partial charge on any atom is -0.479 e. The SMILES string of the molecule is C[C@@H]1CN(C(=O)C2Cc3ccccc32)CC(C(=O)O)O1. The van der Waals surface area contributed by atoms with Crippen molar-refractivity contribution in [3.8, 4) is 0 Å². The number of fused-ring (bicyclic) bond motifs is 1. The second kappa shape index (κ2) is 4.90. The van der Waals surface area contributed by atoms with Crippen LogP contribution in [0.2, 0.25) is 0 Å². The fourth-order valence-corrected chi connectivity index (χ4v) is 2.97. The minimum atomic E-state index is -1.01. The number of carbonyl (C=O) groups excluding carboxylic acids is 1.